The van der Waals surface area contributed by atoms with Crippen molar-refractivity contribution in [3.05, 3.63) is 0 Å². The molecule has 0 aromatic heterocycles. The van der Waals surface area contributed by atoms with Crippen molar-refractivity contribution in [2.45, 2.75) is 57.7 Å². The van der Waals surface area contributed by atoms with E-state index >= 15 is 0 Å². The molecular formula is C13H23BrO2. The Morgan fingerprint density at radius 2 is 2.12 bits per heavy atom. The molecule has 3 heteroatoms. The van der Waals surface area contributed by atoms with E-state index in [1.54, 1.807) is 0 Å². The van der Waals surface area contributed by atoms with E-state index in [9.17, 15) is 0 Å². The largest absolute Gasteiger partial charge is 0.381 e. The van der Waals surface area contributed by atoms with Crippen LogP contribution in [-0.2, 0) is 9.47 Å². The third kappa shape index (κ3) is 2.99. The van der Waals surface area contributed by atoms with Gasteiger partial charge in [-0.3, -0.25) is 0 Å². The minimum atomic E-state index is 0.0910. The molecule has 0 amide bonds. The summed E-state index contributed by atoms with van der Waals surface area (Å²) in [7, 11) is 0. The quantitative estimate of drug-likeness (QED) is 0.741. The lowest BCUT2D eigenvalue weighted by atomic mass is 9.79. The highest BCUT2D eigenvalue weighted by molar-refractivity contribution is 9.09. The second-order valence-corrected chi connectivity index (χ2v) is 6.59. The molecular weight excluding hydrogens is 268 g/mol. The number of halogens is 1. The van der Waals surface area contributed by atoms with E-state index in [1.165, 1.54) is 25.7 Å². The Morgan fingerprint density at radius 1 is 1.31 bits per heavy atom. The number of hydrogen-bond acceptors (Lipinski definition) is 2. The first kappa shape index (κ1) is 12.8. The molecule has 2 fully saturated rings. The minimum absolute atomic E-state index is 0.0910. The van der Waals surface area contributed by atoms with Crippen LogP contribution >= 0.6 is 15.9 Å². The first-order valence-electron chi connectivity index (χ1n) is 6.37. The average Bonchev–Trinajstić information content (AvgIpc) is 2.59. The molecule has 0 aromatic carbocycles. The van der Waals surface area contributed by atoms with Gasteiger partial charge in [-0.1, -0.05) is 15.9 Å². The zero-order valence-electron chi connectivity index (χ0n) is 10.4. The summed E-state index contributed by atoms with van der Waals surface area (Å²) < 4.78 is 11.8. The zero-order valence-corrected chi connectivity index (χ0v) is 12.0. The molecule has 2 aliphatic rings. The van der Waals surface area contributed by atoms with Crippen molar-refractivity contribution in [3.63, 3.8) is 0 Å². The molecule has 0 aromatic rings. The number of alkyl halides is 1. The first-order valence-corrected chi connectivity index (χ1v) is 7.49. The molecule has 2 heterocycles. The number of hydrogen-bond donors (Lipinski definition) is 0. The monoisotopic (exact) mass is 290 g/mol. The van der Waals surface area contributed by atoms with Gasteiger partial charge in [0.2, 0.25) is 0 Å². The normalized spacial score (nSPS) is 38.8. The van der Waals surface area contributed by atoms with Crippen LogP contribution in [0, 0.1) is 5.41 Å². The Morgan fingerprint density at radius 3 is 2.62 bits per heavy atom. The lowest BCUT2D eigenvalue weighted by Crippen LogP contribution is -2.37. The van der Waals surface area contributed by atoms with E-state index in [-0.39, 0.29) is 5.60 Å². The van der Waals surface area contributed by atoms with Gasteiger partial charge in [-0.15, -0.1) is 0 Å². The highest BCUT2D eigenvalue weighted by atomic mass is 79.9. The SMILES string of the molecule is CC1(C)CCC(CC2(CBr)CCCOC2)O1. The predicted octanol–water partition coefficient (Wildman–Crippen LogP) is 3.53. The van der Waals surface area contributed by atoms with Crippen LogP contribution in [-0.4, -0.2) is 30.2 Å². The fraction of sp³-hybridized carbons (Fsp3) is 1.00. The summed E-state index contributed by atoms with van der Waals surface area (Å²) >= 11 is 3.67. The molecule has 0 spiro atoms. The standard InChI is InChI=1S/C13H23BrO2/c1-12(2)6-4-11(16-12)8-13(9-14)5-3-7-15-10-13/h11H,3-10H2,1-2H3. The van der Waals surface area contributed by atoms with Gasteiger partial charge in [0.1, 0.15) is 0 Å². The highest BCUT2D eigenvalue weighted by Crippen LogP contribution is 2.41. The molecule has 2 unspecified atom stereocenters. The number of rotatable bonds is 3. The lowest BCUT2D eigenvalue weighted by Gasteiger charge is -2.37. The molecule has 2 atom stereocenters. The maximum absolute atomic E-state index is 6.10. The first-order chi connectivity index (χ1) is 7.55. The van der Waals surface area contributed by atoms with Crippen molar-refractivity contribution in [1.29, 1.82) is 0 Å². The molecule has 2 saturated heterocycles. The van der Waals surface area contributed by atoms with E-state index < -0.39 is 0 Å². The van der Waals surface area contributed by atoms with Gasteiger partial charge in [0, 0.05) is 17.4 Å². The fourth-order valence-electron chi connectivity index (χ4n) is 2.94. The van der Waals surface area contributed by atoms with E-state index in [1.807, 2.05) is 0 Å². The minimum Gasteiger partial charge on any atom is -0.381 e. The molecule has 2 nitrogen and oxygen atoms in total. The van der Waals surface area contributed by atoms with Crippen molar-refractivity contribution < 1.29 is 9.47 Å². The van der Waals surface area contributed by atoms with Crippen molar-refractivity contribution in [2.75, 3.05) is 18.5 Å². The Balaban J connectivity index is 1.91. The van der Waals surface area contributed by atoms with E-state index in [2.05, 4.69) is 29.8 Å². The molecule has 16 heavy (non-hydrogen) atoms. The average molecular weight is 291 g/mol. The van der Waals surface area contributed by atoms with Crippen LogP contribution < -0.4 is 0 Å². The van der Waals surface area contributed by atoms with Gasteiger partial charge < -0.3 is 9.47 Å². The van der Waals surface area contributed by atoms with Gasteiger partial charge in [-0.05, 0) is 46.0 Å². The smallest absolute Gasteiger partial charge is 0.0631 e. The summed E-state index contributed by atoms with van der Waals surface area (Å²) in [5.41, 5.74) is 0.414. The van der Waals surface area contributed by atoms with Crippen LogP contribution in [0.15, 0.2) is 0 Å². The van der Waals surface area contributed by atoms with E-state index in [4.69, 9.17) is 9.47 Å². The Bertz CT molecular complexity index is 234. The van der Waals surface area contributed by atoms with Crippen LogP contribution in [0.1, 0.15) is 46.0 Å². The second kappa shape index (κ2) is 4.95. The van der Waals surface area contributed by atoms with Crippen molar-refractivity contribution >= 4 is 15.9 Å². The summed E-state index contributed by atoms with van der Waals surface area (Å²) in [5, 5.41) is 1.04. The summed E-state index contributed by atoms with van der Waals surface area (Å²) in [6.45, 7) is 6.24. The highest BCUT2D eigenvalue weighted by Gasteiger charge is 2.39. The molecule has 0 N–H and O–H groups in total. The lowest BCUT2D eigenvalue weighted by molar-refractivity contribution is -0.0620. The van der Waals surface area contributed by atoms with Gasteiger partial charge in [-0.2, -0.15) is 0 Å². The molecule has 0 saturated carbocycles. The third-order valence-electron chi connectivity index (χ3n) is 3.90. The van der Waals surface area contributed by atoms with Crippen molar-refractivity contribution in [2.24, 2.45) is 5.41 Å². The maximum atomic E-state index is 6.10. The topological polar surface area (TPSA) is 18.5 Å². The Labute approximate surface area is 107 Å². The Hall–Kier alpha value is 0.400. The van der Waals surface area contributed by atoms with Crippen LogP contribution in [0.2, 0.25) is 0 Å². The summed E-state index contributed by atoms with van der Waals surface area (Å²) in [6.07, 6.45) is 6.47. The van der Waals surface area contributed by atoms with Gasteiger partial charge in [0.25, 0.3) is 0 Å². The molecule has 2 aliphatic heterocycles. The molecule has 0 bridgehead atoms. The zero-order chi connectivity index (χ0) is 11.6. The second-order valence-electron chi connectivity index (χ2n) is 6.03. The molecule has 0 radical (unpaired) electrons. The fourth-order valence-corrected chi connectivity index (χ4v) is 3.61. The summed E-state index contributed by atoms with van der Waals surface area (Å²) in [5.74, 6) is 0. The van der Waals surface area contributed by atoms with Crippen LogP contribution in [0.25, 0.3) is 0 Å². The summed E-state index contributed by atoms with van der Waals surface area (Å²) in [4.78, 5) is 0. The summed E-state index contributed by atoms with van der Waals surface area (Å²) in [6, 6.07) is 0. The van der Waals surface area contributed by atoms with Crippen LogP contribution in [0.3, 0.4) is 0 Å². The predicted molar refractivity (Wildman–Crippen MR) is 69.1 cm³/mol. The van der Waals surface area contributed by atoms with Crippen LogP contribution in [0.5, 0.6) is 0 Å². The maximum Gasteiger partial charge on any atom is 0.0631 e. The van der Waals surface area contributed by atoms with Gasteiger partial charge in [0.15, 0.2) is 0 Å². The number of ether oxygens (including phenoxy) is 2. The molecule has 2 rings (SSSR count). The molecule has 94 valence electrons. The Kier molecular flexibility index (Phi) is 3.97. The third-order valence-corrected chi connectivity index (χ3v) is 5.09. The van der Waals surface area contributed by atoms with Crippen LogP contribution in [0.4, 0.5) is 0 Å². The van der Waals surface area contributed by atoms with E-state index in [0.29, 0.717) is 11.5 Å². The van der Waals surface area contributed by atoms with E-state index in [0.717, 1.165) is 25.0 Å². The van der Waals surface area contributed by atoms with Gasteiger partial charge in [-0.25, -0.2) is 0 Å². The van der Waals surface area contributed by atoms with Crippen molar-refractivity contribution in [1.82, 2.24) is 0 Å². The van der Waals surface area contributed by atoms with Gasteiger partial charge in [0.05, 0.1) is 18.3 Å². The van der Waals surface area contributed by atoms with Gasteiger partial charge >= 0.3 is 0 Å². The molecule has 0 aliphatic carbocycles. The van der Waals surface area contributed by atoms with Crippen molar-refractivity contribution in [3.8, 4) is 0 Å².